The Labute approximate surface area is 84.4 Å². The van der Waals surface area contributed by atoms with Gasteiger partial charge in [-0.3, -0.25) is 4.90 Å². The summed E-state index contributed by atoms with van der Waals surface area (Å²) in [5.41, 5.74) is 5.43. The molecule has 1 rings (SSSR count). The molecule has 1 saturated heterocycles. The quantitative estimate of drug-likeness (QED) is 0.742. The third kappa shape index (κ3) is 4.33. The van der Waals surface area contributed by atoms with E-state index in [1.165, 1.54) is 6.42 Å². The van der Waals surface area contributed by atoms with Crippen molar-refractivity contribution < 1.29 is 8.78 Å². The Balaban J connectivity index is 2.11. The van der Waals surface area contributed by atoms with Gasteiger partial charge in [-0.05, 0) is 51.2 Å². The summed E-state index contributed by atoms with van der Waals surface area (Å²) in [4.78, 5) is 1.86. The zero-order valence-electron chi connectivity index (χ0n) is 8.59. The van der Waals surface area contributed by atoms with Gasteiger partial charge >= 0.3 is 0 Å². The molecular weight excluding hydrogens is 186 g/mol. The van der Waals surface area contributed by atoms with Gasteiger partial charge in [0.15, 0.2) is 0 Å². The van der Waals surface area contributed by atoms with Crippen molar-refractivity contribution in [3.05, 3.63) is 0 Å². The van der Waals surface area contributed by atoms with Crippen molar-refractivity contribution in [1.82, 2.24) is 4.90 Å². The molecule has 0 bridgehead atoms. The molecule has 0 amide bonds. The SMILES string of the molecule is NCCCC1CCN(CC(F)F)CC1. The summed E-state index contributed by atoms with van der Waals surface area (Å²) in [5, 5.41) is 0. The molecule has 0 atom stereocenters. The number of likely N-dealkylation sites (tertiary alicyclic amines) is 1. The number of hydrogen-bond acceptors (Lipinski definition) is 2. The van der Waals surface area contributed by atoms with Crippen molar-refractivity contribution in [3.8, 4) is 0 Å². The molecule has 1 aliphatic heterocycles. The van der Waals surface area contributed by atoms with Crippen LogP contribution in [0.25, 0.3) is 0 Å². The largest absolute Gasteiger partial charge is 0.330 e. The molecule has 1 aliphatic rings. The van der Waals surface area contributed by atoms with Crippen LogP contribution in [-0.4, -0.2) is 37.5 Å². The predicted octanol–water partition coefficient (Wildman–Crippen LogP) is 1.70. The maximum atomic E-state index is 12.1. The highest BCUT2D eigenvalue weighted by Crippen LogP contribution is 2.21. The Morgan fingerprint density at radius 3 is 2.43 bits per heavy atom. The van der Waals surface area contributed by atoms with Crippen molar-refractivity contribution in [2.75, 3.05) is 26.2 Å². The summed E-state index contributed by atoms with van der Waals surface area (Å²) in [5.74, 6) is 0.715. The third-order valence-electron chi connectivity index (χ3n) is 2.92. The normalized spacial score (nSPS) is 20.6. The van der Waals surface area contributed by atoms with Gasteiger partial charge in [0.1, 0.15) is 0 Å². The fourth-order valence-electron chi connectivity index (χ4n) is 2.06. The van der Waals surface area contributed by atoms with Crippen LogP contribution in [0.4, 0.5) is 8.78 Å². The lowest BCUT2D eigenvalue weighted by atomic mass is 9.92. The molecule has 0 spiro atoms. The summed E-state index contributed by atoms with van der Waals surface area (Å²) in [6, 6.07) is 0. The fourth-order valence-corrected chi connectivity index (χ4v) is 2.06. The van der Waals surface area contributed by atoms with Crippen LogP contribution in [0.3, 0.4) is 0 Å². The summed E-state index contributed by atoms with van der Waals surface area (Å²) in [6.45, 7) is 2.36. The number of hydrogen-bond donors (Lipinski definition) is 1. The van der Waals surface area contributed by atoms with Crippen molar-refractivity contribution in [2.24, 2.45) is 11.7 Å². The lowest BCUT2D eigenvalue weighted by Gasteiger charge is -2.31. The molecule has 0 aliphatic carbocycles. The zero-order valence-corrected chi connectivity index (χ0v) is 8.59. The molecule has 0 unspecified atom stereocenters. The second kappa shape index (κ2) is 6.30. The maximum Gasteiger partial charge on any atom is 0.251 e. The minimum absolute atomic E-state index is 0.0520. The molecule has 14 heavy (non-hydrogen) atoms. The average Bonchev–Trinajstić information content (AvgIpc) is 2.16. The first-order chi connectivity index (χ1) is 6.72. The van der Waals surface area contributed by atoms with Gasteiger partial charge in [-0.15, -0.1) is 0 Å². The number of halogens is 2. The first kappa shape index (κ1) is 11.9. The van der Waals surface area contributed by atoms with Crippen LogP contribution in [0.15, 0.2) is 0 Å². The molecule has 0 radical (unpaired) electrons. The Hall–Kier alpha value is -0.220. The van der Waals surface area contributed by atoms with E-state index in [1.54, 1.807) is 0 Å². The molecule has 1 fully saturated rings. The molecule has 1 heterocycles. The molecule has 0 aromatic rings. The second-order valence-electron chi connectivity index (χ2n) is 4.07. The first-order valence-electron chi connectivity index (χ1n) is 5.43. The molecule has 2 nitrogen and oxygen atoms in total. The number of alkyl halides is 2. The van der Waals surface area contributed by atoms with E-state index in [0.29, 0.717) is 5.92 Å². The average molecular weight is 206 g/mol. The summed E-state index contributed by atoms with van der Waals surface area (Å²) >= 11 is 0. The van der Waals surface area contributed by atoms with Crippen LogP contribution in [0.2, 0.25) is 0 Å². The lowest BCUT2D eigenvalue weighted by molar-refractivity contribution is 0.0679. The molecule has 0 aromatic heterocycles. The Bertz CT molecular complexity index is 145. The monoisotopic (exact) mass is 206 g/mol. The third-order valence-corrected chi connectivity index (χ3v) is 2.92. The van der Waals surface area contributed by atoms with Crippen molar-refractivity contribution in [1.29, 1.82) is 0 Å². The van der Waals surface area contributed by atoms with Crippen LogP contribution in [0, 0.1) is 5.92 Å². The minimum Gasteiger partial charge on any atom is -0.330 e. The van der Waals surface area contributed by atoms with Gasteiger partial charge in [0.25, 0.3) is 6.43 Å². The Morgan fingerprint density at radius 2 is 1.93 bits per heavy atom. The molecule has 4 heteroatoms. The topological polar surface area (TPSA) is 29.3 Å². The van der Waals surface area contributed by atoms with Crippen molar-refractivity contribution in [2.45, 2.75) is 32.1 Å². The Kier molecular flexibility index (Phi) is 5.33. The van der Waals surface area contributed by atoms with E-state index in [9.17, 15) is 8.78 Å². The van der Waals surface area contributed by atoms with E-state index in [-0.39, 0.29) is 6.54 Å². The van der Waals surface area contributed by atoms with Crippen LogP contribution in [0.5, 0.6) is 0 Å². The first-order valence-corrected chi connectivity index (χ1v) is 5.43. The highest BCUT2D eigenvalue weighted by molar-refractivity contribution is 4.72. The van der Waals surface area contributed by atoms with Crippen LogP contribution in [0.1, 0.15) is 25.7 Å². The highest BCUT2D eigenvalue weighted by atomic mass is 19.3. The van der Waals surface area contributed by atoms with Gasteiger partial charge in [0, 0.05) is 0 Å². The van der Waals surface area contributed by atoms with Gasteiger partial charge in [-0.1, -0.05) is 0 Å². The summed E-state index contributed by atoms with van der Waals surface area (Å²) in [6.07, 6.45) is 2.17. The van der Waals surface area contributed by atoms with Crippen LogP contribution in [-0.2, 0) is 0 Å². The molecular formula is C10H20F2N2. The van der Waals surface area contributed by atoms with E-state index in [1.807, 2.05) is 4.90 Å². The molecule has 0 aromatic carbocycles. The highest BCUT2D eigenvalue weighted by Gasteiger charge is 2.20. The zero-order chi connectivity index (χ0) is 10.4. The Morgan fingerprint density at radius 1 is 1.29 bits per heavy atom. The van der Waals surface area contributed by atoms with Crippen LogP contribution >= 0.6 is 0 Å². The summed E-state index contributed by atoms with van der Waals surface area (Å²) < 4.78 is 24.1. The van der Waals surface area contributed by atoms with Gasteiger partial charge in [0.05, 0.1) is 6.54 Å². The minimum atomic E-state index is -2.18. The van der Waals surface area contributed by atoms with Gasteiger partial charge in [-0.25, -0.2) is 8.78 Å². The van der Waals surface area contributed by atoms with E-state index in [2.05, 4.69) is 0 Å². The van der Waals surface area contributed by atoms with Crippen molar-refractivity contribution >= 4 is 0 Å². The molecule has 2 N–H and O–H groups in total. The van der Waals surface area contributed by atoms with Gasteiger partial charge < -0.3 is 5.73 Å². The molecule has 84 valence electrons. The fraction of sp³-hybridized carbons (Fsp3) is 1.00. The number of nitrogens with two attached hydrogens (primary N) is 1. The van der Waals surface area contributed by atoms with E-state index < -0.39 is 6.43 Å². The second-order valence-corrected chi connectivity index (χ2v) is 4.07. The standard InChI is InChI=1S/C10H20F2N2/c11-10(12)8-14-6-3-9(4-7-14)2-1-5-13/h9-10H,1-8,13H2. The number of nitrogens with zero attached hydrogens (tertiary/aromatic N) is 1. The number of piperidine rings is 1. The van der Waals surface area contributed by atoms with E-state index in [0.717, 1.165) is 38.9 Å². The maximum absolute atomic E-state index is 12.1. The van der Waals surface area contributed by atoms with Crippen molar-refractivity contribution in [3.63, 3.8) is 0 Å². The molecule has 0 saturated carbocycles. The lowest BCUT2D eigenvalue weighted by Crippen LogP contribution is -2.36. The number of rotatable bonds is 5. The van der Waals surface area contributed by atoms with Gasteiger partial charge in [0.2, 0.25) is 0 Å². The van der Waals surface area contributed by atoms with Gasteiger partial charge in [-0.2, -0.15) is 0 Å². The van der Waals surface area contributed by atoms with Crippen LogP contribution < -0.4 is 5.73 Å². The van der Waals surface area contributed by atoms with E-state index in [4.69, 9.17) is 5.73 Å². The summed E-state index contributed by atoms with van der Waals surface area (Å²) in [7, 11) is 0. The van der Waals surface area contributed by atoms with E-state index >= 15 is 0 Å². The smallest absolute Gasteiger partial charge is 0.251 e. The predicted molar refractivity (Wildman–Crippen MR) is 53.5 cm³/mol.